The molecule has 1 aromatic carbocycles. The highest BCUT2D eigenvalue weighted by Crippen LogP contribution is 2.26. The number of fused-ring (bicyclic) bond motifs is 1. The molecule has 116 valence electrons. The number of nitrogens with zero attached hydrogens (tertiary/aromatic N) is 2. The van der Waals surface area contributed by atoms with Crippen LogP contribution in [0.5, 0.6) is 0 Å². The minimum Gasteiger partial charge on any atom is -0.282 e. The van der Waals surface area contributed by atoms with Gasteiger partial charge in [-0.2, -0.15) is 13.5 Å². The molecule has 1 aliphatic carbocycles. The summed E-state index contributed by atoms with van der Waals surface area (Å²) in [6.07, 6.45) is 5.44. The lowest BCUT2D eigenvalue weighted by Gasteiger charge is -2.14. The van der Waals surface area contributed by atoms with Gasteiger partial charge in [-0.25, -0.2) is 0 Å². The van der Waals surface area contributed by atoms with Crippen molar-refractivity contribution in [3.8, 4) is 0 Å². The van der Waals surface area contributed by atoms with E-state index in [1.807, 2.05) is 35.0 Å². The van der Waals surface area contributed by atoms with E-state index in [1.165, 1.54) is 11.8 Å². The van der Waals surface area contributed by atoms with Crippen LogP contribution >= 0.6 is 0 Å². The van der Waals surface area contributed by atoms with Crippen LogP contribution in [0, 0.1) is 0 Å². The molecular weight excluding hydrogens is 300 g/mol. The third-order valence-electron chi connectivity index (χ3n) is 3.86. The maximum atomic E-state index is 10.9. The second kappa shape index (κ2) is 6.06. The van der Waals surface area contributed by atoms with Crippen LogP contribution in [0.25, 0.3) is 6.08 Å². The highest BCUT2D eigenvalue weighted by molar-refractivity contribution is 7.88. The Morgan fingerprint density at radius 1 is 1.18 bits per heavy atom. The van der Waals surface area contributed by atoms with Gasteiger partial charge >= 0.3 is 0 Å². The van der Waals surface area contributed by atoms with Crippen molar-refractivity contribution in [1.82, 2.24) is 9.78 Å². The van der Waals surface area contributed by atoms with Crippen molar-refractivity contribution in [1.29, 1.82) is 0 Å². The zero-order valence-corrected chi connectivity index (χ0v) is 13.0. The first-order valence-electron chi connectivity index (χ1n) is 7.31. The van der Waals surface area contributed by atoms with Crippen LogP contribution in [0.1, 0.15) is 35.4 Å². The fraction of sp³-hybridized carbons (Fsp3) is 0.312. The Hall–Kier alpha value is -1.92. The topological polar surface area (TPSA) is 72.2 Å². The number of rotatable bonds is 4. The minimum atomic E-state index is -4.13. The van der Waals surface area contributed by atoms with E-state index in [9.17, 15) is 8.42 Å². The highest BCUT2D eigenvalue weighted by atomic mass is 32.2. The van der Waals surface area contributed by atoms with Gasteiger partial charge in [-0.3, -0.25) is 9.23 Å². The summed E-state index contributed by atoms with van der Waals surface area (Å²) in [7, 11) is -4.13. The van der Waals surface area contributed by atoms with E-state index in [4.69, 9.17) is 4.55 Å². The molecule has 1 N–H and O–H groups in total. The van der Waals surface area contributed by atoms with Gasteiger partial charge in [-0.1, -0.05) is 30.3 Å². The maximum absolute atomic E-state index is 10.9. The molecule has 0 unspecified atom stereocenters. The number of hydrogen-bond acceptors (Lipinski definition) is 3. The molecule has 1 aliphatic rings. The molecule has 2 aromatic rings. The Morgan fingerprint density at radius 2 is 1.91 bits per heavy atom. The normalized spacial score (nSPS) is 15.1. The average molecular weight is 318 g/mol. The summed E-state index contributed by atoms with van der Waals surface area (Å²) in [4.78, 5) is 0. The van der Waals surface area contributed by atoms with E-state index in [-0.39, 0.29) is 0 Å². The molecule has 3 rings (SSSR count). The predicted molar refractivity (Wildman–Crippen MR) is 85.0 cm³/mol. The molecule has 22 heavy (non-hydrogen) atoms. The van der Waals surface area contributed by atoms with E-state index in [0.29, 0.717) is 12.2 Å². The number of benzene rings is 1. The molecule has 0 bridgehead atoms. The molecule has 0 amide bonds. The molecule has 1 aromatic heterocycles. The lowest BCUT2D eigenvalue weighted by molar-refractivity contribution is 0.494. The lowest BCUT2D eigenvalue weighted by atomic mass is 9.95. The second-order valence-corrected chi connectivity index (χ2v) is 6.78. The van der Waals surface area contributed by atoms with Gasteiger partial charge in [0.05, 0.1) is 17.6 Å². The van der Waals surface area contributed by atoms with Crippen molar-refractivity contribution in [3.05, 3.63) is 58.3 Å². The quantitative estimate of drug-likeness (QED) is 0.880. The lowest BCUT2D eigenvalue weighted by Crippen LogP contribution is -2.10. The molecule has 0 aliphatic heterocycles. The Kier molecular flexibility index (Phi) is 4.13. The van der Waals surface area contributed by atoms with E-state index in [0.717, 1.165) is 42.2 Å². The van der Waals surface area contributed by atoms with Crippen molar-refractivity contribution in [2.75, 3.05) is 0 Å². The molecule has 0 spiro atoms. The van der Waals surface area contributed by atoms with Gasteiger partial charge in [0, 0.05) is 11.3 Å². The summed E-state index contributed by atoms with van der Waals surface area (Å²) in [6.45, 7) is 0.670. The van der Waals surface area contributed by atoms with Gasteiger partial charge < -0.3 is 0 Å². The summed E-state index contributed by atoms with van der Waals surface area (Å²) < 4.78 is 32.6. The van der Waals surface area contributed by atoms with Crippen LogP contribution in [0.4, 0.5) is 0 Å². The average Bonchev–Trinajstić information content (AvgIpc) is 2.84. The molecule has 0 fully saturated rings. The van der Waals surface area contributed by atoms with E-state index >= 15 is 0 Å². The van der Waals surface area contributed by atoms with Crippen molar-refractivity contribution in [3.63, 3.8) is 0 Å². The SMILES string of the molecule is O=S(=O)(O)/C=C/c1nn(Cc2ccccc2)c2c1CCCC2. The summed E-state index contributed by atoms with van der Waals surface area (Å²) in [5.74, 6) is 0. The molecular formula is C16H18N2O3S. The predicted octanol–water partition coefficient (Wildman–Crippen LogP) is 2.67. The maximum Gasteiger partial charge on any atom is 0.287 e. The van der Waals surface area contributed by atoms with Crippen molar-refractivity contribution in [2.24, 2.45) is 0 Å². The van der Waals surface area contributed by atoms with Gasteiger partial charge in [-0.05, 0) is 37.3 Å². The standard InChI is InChI=1S/C16H18N2O3S/c19-22(20,21)11-10-15-14-8-4-5-9-16(14)18(17-15)12-13-6-2-1-3-7-13/h1-3,6-7,10-11H,4-5,8-9,12H2,(H,19,20,21)/b11-10+. The van der Waals surface area contributed by atoms with Gasteiger partial charge in [0.25, 0.3) is 10.1 Å². The summed E-state index contributed by atoms with van der Waals surface area (Å²) >= 11 is 0. The first-order valence-corrected chi connectivity index (χ1v) is 8.81. The molecule has 1 heterocycles. The van der Waals surface area contributed by atoms with E-state index < -0.39 is 10.1 Å². The third-order valence-corrected chi connectivity index (χ3v) is 4.34. The summed E-state index contributed by atoms with van der Waals surface area (Å²) in [5, 5.41) is 5.35. The molecule has 0 saturated heterocycles. The smallest absolute Gasteiger partial charge is 0.282 e. The molecule has 0 radical (unpaired) electrons. The number of aromatic nitrogens is 2. The highest BCUT2D eigenvalue weighted by Gasteiger charge is 2.19. The van der Waals surface area contributed by atoms with E-state index in [1.54, 1.807) is 0 Å². The second-order valence-electron chi connectivity index (χ2n) is 5.48. The number of hydrogen-bond donors (Lipinski definition) is 1. The van der Waals surface area contributed by atoms with Gasteiger partial charge in [0.15, 0.2) is 0 Å². The Bertz CT molecular complexity index is 792. The largest absolute Gasteiger partial charge is 0.287 e. The molecule has 5 nitrogen and oxygen atoms in total. The Morgan fingerprint density at radius 3 is 2.64 bits per heavy atom. The zero-order chi connectivity index (χ0) is 15.6. The fourth-order valence-corrected chi connectivity index (χ4v) is 3.17. The first kappa shape index (κ1) is 15.0. The molecule has 0 saturated carbocycles. The first-order chi connectivity index (χ1) is 10.5. The summed E-state index contributed by atoms with van der Waals surface area (Å²) in [5.41, 5.74) is 4.07. The van der Waals surface area contributed by atoms with E-state index in [2.05, 4.69) is 5.10 Å². The van der Waals surface area contributed by atoms with Crippen molar-refractivity contribution < 1.29 is 13.0 Å². The van der Waals surface area contributed by atoms with Crippen LogP contribution in [-0.4, -0.2) is 22.8 Å². The van der Waals surface area contributed by atoms with Crippen molar-refractivity contribution in [2.45, 2.75) is 32.2 Å². The van der Waals surface area contributed by atoms with Gasteiger partial charge in [-0.15, -0.1) is 0 Å². The minimum absolute atomic E-state index is 0.642. The Balaban J connectivity index is 1.97. The van der Waals surface area contributed by atoms with Crippen LogP contribution in [-0.2, 0) is 29.5 Å². The molecule has 6 heteroatoms. The fourth-order valence-electron chi connectivity index (χ4n) is 2.87. The van der Waals surface area contributed by atoms with Crippen LogP contribution < -0.4 is 0 Å². The van der Waals surface area contributed by atoms with Gasteiger partial charge in [0.1, 0.15) is 0 Å². The van der Waals surface area contributed by atoms with Crippen LogP contribution in [0.2, 0.25) is 0 Å². The van der Waals surface area contributed by atoms with Gasteiger partial charge in [0.2, 0.25) is 0 Å². The Labute approximate surface area is 130 Å². The molecule has 0 atom stereocenters. The monoisotopic (exact) mass is 318 g/mol. The third kappa shape index (κ3) is 3.45. The summed E-state index contributed by atoms with van der Waals surface area (Å²) in [6, 6.07) is 10.0. The van der Waals surface area contributed by atoms with Crippen molar-refractivity contribution >= 4 is 16.2 Å². The van der Waals surface area contributed by atoms with Crippen LogP contribution in [0.15, 0.2) is 35.7 Å². The van der Waals surface area contributed by atoms with Crippen LogP contribution in [0.3, 0.4) is 0 Å². The zero-order valence-electron chi connectivity index (χ0n) is 12.1.